The third-order valence-corrected chi connectivity index (χ3v) is 6.91. The van der Waals surface area contributed by atoms with E-state index in [1.165, 1.54) is 38.5 Å². The van der Waals surface area contributed by atoms with E-state index < -0.39 is 20.0 Å². The van der Waals surface area contributed by atoms with Gasteiger partial charge in [0.25, 0.3) is 0 Å². The number of allylic oxidation sites excluding steroid dienone is 3. The SMILES string of the molecule is CCCC/C=C/CC/C=C/C(O)C(COP(=O)(O)OCC[N+](C)(C)C)NC(=O)CCCCCCCCC. The highest BCUT2D eigenvalue weighted by atomic mass is 31.2. The van der Waals surface area contributed by atoms with Gasteiger partial charge in [-0.15, -0.1) is 0 Å². The molecule has 0 aromatic rings. The molecule has 0 bridgehead atoms. The van der Waals surface area contributed by atoms with Crippen LogP contribution in [0.2, 0.25) is 0 Å². The maximum atomic E-state index is 12.5. The Morgan fingerprint density at radius 1 is 0.892 bits per heavy atom. The predicted octanol–water partition coefficient (Wildman–Crippen LogP) is 5.90. The molecular weight excluding hydrogens is 491 g/mol. The minimum Gasteiger partial charge on any atom is -0.387 e. The monoisotopic (exact) mass is 547 g/mol. The number of likely N-dealkylation sites (N-methyl/N-ethyl adjacent to an activating group) is 1. The van der Waals surface area contributed by atoms with Crippen molar-refractivity contribution in [3.8, 4) is 0 Å². The average molecular weight is 548 g/mol. The fourth-order valence-electron chi connectivity index (χ4n) is 3.51. The maximum absolute atomic E-state index is 12.5. The van der Waals surface area contributed by atoms with Crippen molar-refractivity contribution >= 4 is 13.7 Å². The van der Waals surface area contributed by atoms with Gasteiger partial charge in [-0.25, -0.2) is 4.57 Å². The summed E-state index contributed by atoms with van der Waals surface area (Å²) in [6.07, 6.45) is 19.9. The third-order valence-electron chi connectivity index (χ3n) is 5.92. The Hall–Kier alpha value is -1.02. The molecule has 0 aromatic carbocycles. The Kier molecular flexibility index (Phi) is 21.3. The normalized spacial score (nSPS) is 15.8. The number of phosphoric acid groups is 1. The van der Waals surface area contributed by atoms with Gasteiger partial charge in [0.2, 0.25) is 5.91 Å². The summed E-state index contributed by atoms with van der Waals surface area (Å²) in [6.45, 7) is 4.61. The van der Waals surface area contributed by atoms with Crippen LogP contribution in [0.15, 0.2) is 24.3 Å². The molecule has 0 fully saturated rings. The minimum absolute atomic E-state index is 0.0563. The first-order chi connectivity index (χ1) is 17.5. The van der Waals surface area contributed by atoms with Crippen LogP contribution in [0.5, 0.6) is 0 Å². The quantitative estimate of drug-likeness (QED) is 0.0602. The van der Waals surface area contributed by atoms with Crippen LogP contribution in [-0.4, -0.2) is 73.4 Å². The number of aliphatic hydroxyl groups is 1. The number of carbonyl (C=O) groups excluding carboxylic acids is 1. The van der Waals surface area contributed by atoms with Crippen molar-refractivity contribution in [2.45, 2.75) is 109 Å². The number of rotatable bonds is 24. The number of phosphoric ester groups is 1. The number of quaternary nitrogens is 1. The number of nitrogens with one attached hydrogen (secondary N) is 1. The number of unbranched alkanes of at least 4 members (excludes halogenated alkanes) is 9. The Labute approximate surface area is 226 Å². The van der Waals surface area contributed by atoms with E-state index in [-0.39, 0.29) is 19.1 Å². The molecule has 0 aromatic heterocycles. The highest BCUT2D eigenvalue weighted by Crippen LogP contribution is 2.43. The van der Waals surface area contributed by atoms with Crippen molar-refractivity contribution in [1.29, 1.82) is 0 Å². The Bertz CT molecular complexity index is 678. The number of hydrogen-bond donors (Lipinski definition) is 3. The van der Waals surface area contributed by atoms with E-state index in [0.717, 1.165) is 38.5 Å². The molecule has 0 spiro atoms. The van der Waals surface area contributed by atoms with Crippen LogP contribution < -0.4 is 5.32 Å². The second-order valence-electron chi connectivity index (χ2n) is 10.8. The van der Waals surface area contributed by atoms with Gasteiger partial charge in [0.15, 0.2) is 0 Å². The van der Waals surface area contributed by atoms with Crippen molar-refractivity contribution < 1.29 is 32.9 Å². The first-order valence-corrected chi connectivity index (χ1v) is 15.7. The van der Waals surface area contributed by atoms with Gasteiger partial charge in [-0.1, -0.05) is 89.5 Å². The zero-order chi connectivity index (χ0) is 28.0. The van der Waals surface area contributed by atoms with Gasteiger partial charge in [0.05, 0.1) is 39.9 Å². The van der Waals surface area contributed by atoms with Crippen molar-refractivity contribution in [2.24, 2.45) is 0 Å². The number of amides is 1. The lowest BCUT2D eigenvalue weighted by molar-refractivity contribution is -0.870. The standard InChI is InChI=1S/C28H55N2O6P/c1-6-8-10-12-14-16-17-19-21-27(31)26(25-36-37(33,34)35-24-23-30(3,4)5)29-28(32)22-20-18-15-13-11-9-7-2/h12,14,19,21,26-27,31H,6-11,13,15-18,20,22-25H2,1-5H3,(H-,29,32,33,34)/p+1/b14-12+,21-19+. The molecule has 0 aliphatic heterocycles. The molecule has 3 atom stereocenters. The summed E-state index contributed by atoms with van der Waals surface area (Å²) >= 11 is 0. The van der Waals surface area contributed by atoms with E-state index in [2.05, 4.69) is 31.3 Å². The van der Waals surface area contributed by atoms with Crippen molar-refractivity contribution in [2.75, 3.05) is 40.9 Å². The fourth-order valence-corrected chi connectivity index (χ4v) is 4.24. The van der Waals surface area contributed by atoms with Crippen LogP contribution in [0.4, 0.5) is 0 Å². The maximum Gasteiger partial charge on any atom is 0.472 e. The van der Waals surface area contributed by atoms with Crippen LogP contribution >= 0.6 is 7.82 Å². The van der Waals surface area contributed by atoms with Gasteiger partial charge in [0.1, 0.15) is 13.2 Å². The first-order valence-electron chi connectivity index (χ1n) is 14.2. The Morgan fingerprint density at radius 3 is 2.14 bits per heavy atom. The van der Waals surface area contributed by atoms with E-state index in [4.69, 9.17) is 9.05 Å². The van der Waals surface area contributed by atoms with Crippen molar-refractivity contribution in [3.05, 3.63) is 24.3 Å². The lowest BCUT2D eigenvalue weighted by atomic mass is 10.1. The van der Waals surface area contributed by atoms with Gasteiger partial charge in [0, 0.05) is 6.42 Å². The molecule has 0 heterocycles. The van der Waals surface area contributed by atoms with Gasteiger partial charge in [-0.3, -0.25) is 13.8 Å². The second-order valence-corrected chi connectivity index (χ2v) is 12.2. The number of aliphatic hydroxyl groups excluding tert-OH is 1. The number of hydrogen-bond acceptors (Lipinski definition) is 5. The Morgan fingerprint density at radius 2 is 1.49 bits per heavy atom. The van der Waals surface area contributed by atoms with E-state index in [1.807, 2.05) is 27.2 Å². The molecule has 0 rings (SSSR count). The molecule has 37 heavy (non-hydrogen) atoms. The first kappa shape index (κ1) is 36.0. The van der Waals surface area contributed by atoms with E-state index in [9.17, 15) is 19.4 Å². The summed E-state index contributed by atoms with van der Waals surface area (Å²) < 4.78 is 23.1. The smallest absolute Gasteiger partial charge is 0.387 e. The zero-order valence-corrected chi connectivity index (χ0v) is 25.1. The van der Waals surface area contributed by atoms with Crippen molar-refractivity contribution in [3.63, 3.8) is 0 Å². The summed E-state index contributed by atoms with van der Waals surface area (Å²) in [4.78, 5) is 22.6. The summed E-state index contributed by atoms with van der Waals surface area (Å²) in [5.74, 6) is -0.202. The summed E-state index contributed by atoms with van der Waals surface area (Å²) in [7, 11) is 1.54. The fraction of sp³-hybridized carbons (Fsp3) is 0.821. The lowest BCUT2D eigenvalue weighted by Gasteiger charge is -2.25. The lowest BCUT2D eigenvalue weighted by Crippen LogP contribution is -2.45. The summed E-state index contributed by atoms with van der Waals surface area (Å²) in [5.41, 5.74) is 0. The summed E-state index contributed by atoms with van der Waals surface area (Å²) in [5, 5.41) is 13.5. The molecule has 9 heteroatoms. The van der Waals surface area contributed by atoms with Crippen LogP contribution in [0, 0.1) is 0 Å². The largest absolute Gasteiger partial charge is 0.472 e. The molecule has 8 nitrogen and oxygen atoms in total. The van der Waals surface area contributed by atoms with E-state index in [0.29, 0.717) is 17.4 Å². The second kappa shape index (κ2) is 21.9. The zero-order valence-electron chi connectivity index (χ0n) is 24.2. The Balaban J connectivity index is 4.79. The molecule has 0 radical (unpaired) electrons. The molecule has 0 aliphatic carbocycles. The van der Waals surface area contributed by atoms with Crippen LogP contribution in [0.25, 0.3) is 0 Å². The molecule has 1 amide bonds. The van der Waals surface area contributed by atoms with Gasteiger partial charge in [-0.05, 0) is 25.7 Å². The molecule has 3 unspecified atom stereocenters. The predicted molar refractivity (Wildman–Crippen MR) is 152 cm³/mol. The number of carbonyl (C=O) groups is 1. The molecule has 0 saturated carbocycles. The molecule has 3 N–H and O–H groups in total. The molecule has 218 valence electrons. The van der Waals surface area contributed by atoms with Crippen molar-refractivity contribution in [1.82, 2.24) is 5.32 Å². The average Bonchev–Trinajstić information content (AvgIpc) is 2.81. The van der Waals surface area contributed by atoms with E-state index in [1.54, 1.807) is 6.08 Å². The van der Waals surface area contributed by atoms with Crippen LogP contribution in [0.1, 0.15) is 97.3 Å². The summed E-state index contributed by atoms with van der Waals surface area (Å²) in [6, 6.07) is -0.851. The highest BCUT2D eigenvalue weighted by molar-refractivity contribution is 7.47. The van der Waals surface area contributed by atoms with Gasteiger partial charge >= 0.3 is 7.82 Å². The minimum atomic E-state index is -4.31. The van der Waals surface area contributed by atoms with Crippen LogP contribution in [-0.2, 0) is 18.4 Å². The molecular formula is C28H56N2O6P+. The molecule has 0 aliphatic rings. The van der Waals surface area contributed by atoms with Crippen LogP contribution in [0.3, 0.4) is 0 Å². The van der Waals surface area contributed by atoms with Gasteiger partial charge in [-0.2, -0.15) is 0 Å². The molecule has 0 saturated heterocycles. The highest BCUT2D eigenvalue weighted by Gasteiger charge is 2.27. The van der Waals surface area contributed by atoms with Gasteiger partial charge < -0.3 is 19.8 Å². The van der Waals surface area contributed by atoms with E-state index >= 15 is 0 Å². The topological polar surface area (TPSA) is 105 Å². The number of nitrogens with zero attached hydrogens (tertiary/aromatic N) is 1. The third kappa shape index (κ3) is 23.8.